The van der Waals surface area contributed by atoms with Crippen molar-refractivity contribution in [3.05, 3.63) is 29.8 Å². The Hall–Kier alpha value is -0.950. The lowest BCUT2D eigenvalue weighted by molar-refractivity contribution is 0.156. The highest BCUT2D eigenvalue weighted by molar-refractivity contribution is 14.0. The van der Waals surface area contributed by atoms with Gasteiger partial charge >= 0.3 is 0 Å². The van der Waals surface area contributed by atoms with Crippen LogP contribution in [0.15, 0.2) is 34.2 Å². The van der Waals surface area contributed by atoms with Gasteiger partial charge in [0.25, 0.3) is 0 Å². The highest BCUT2D eigenvalue weighted by atomic mass is 127. The number of ether oxygens (including phenoxy) is 1. The van der Waals surface area contributed by atoms with Crippen LogP contribution in [0.2, 0.25) is 0 Å². The first-order valence-electron chi connectivity index (χ1n) is 10.7. The first kappa shape index (κ1) is 24.7. The fraction of sp³-hybridized carbons (Fsp3) is 0.667. The van der Waals surface area contributed by atoms with Gasteiger partial charge in [-0.3, -0.25) is 4.99 Å². The van der Waals surface area contributed by atoms with Gasteiger partial charge in [0.15, 0.2) is 5.96 Å². The van der Waals surface area contributed by atoms with Gasteiger partial charge in [0.05, 0.1) is 11.5 Å². The molecule has 3 saturated heterocycles. The van der Waals surface area contributed by atoms with Crippen molar-refractivity contribution in [2.45, 2.75) is 24.3 Å². The quantitative estimate of drug-likeness (QED) is 0.340. The maximum atomic E-state index is 13.3. The molecule has 0 saturated carbocycles. The molecule has 0 radical (unpaired) electrons. The molecule has 10 heteroatoms. The second kappa shape index (κ2) is 10.3. The van der Waals surface area contributed by atoms with Gasteiger partial charge in [-0.2, -0.15) is 4.31 Å². The molecule has 1 spiro atoms. The summed E-state index contributed by atoms with van der Waals surface area (Å²) in [5.74, 6) is 0.825. The van der Waals surface area contributed by atoms with Crippen molar-refractivity contribution in [1.82, 2.24) is 19.4 Å². The zero-order valence-electron chi connectivity index (χ0n) is 18.4. The summed E-state index contributed by atoms with van der Waals surface area (Å²) in [6.45, 7) is 6.55. The molecule has 3 heterocycles. The third-order valence-corrected chi connectivity index (χ3v) is 8.62. The number of hydrogen-bond acceptors (Lipinski definition) is 5. The van der Waals surface area contributed by atoms with E-state index in [4.69, 9.17) is 4.74 Å². The normalized spacial score (nSPS) is 25.7. The minimum Gasteiger partial charge on any atom is -0.381 e. The standard InChI is InChI=1S/C21H33N5O3S.HI/c1-22-20(25-9-7-21(16-25)8-14-29-17-21)23-15-18-5-3-4-6-19(18)30(27,28)26-12-10-24(2)11-13-26;/h3-6H,7-17H2,1-2H3,(H,22,23);1H. The summed E-state index contributed by atoms with van der Waals surface area (Å²) in [6.07, 6.45) is 2.22. The number of nitrogens with one attached hydrogen (secondary N) is 1. The van der Waals surface area contributed by atoms with Crippen LogP contribution in [0.25, 0.3) is 0 Å². The Morgan fingerprint density at radius 1 is 1.16 bits per heavy atom. The van der Waals surface area contributed by atoms with E-state index in [-0.39, 0.29) is 29.4 Å². The Morgan fingerprint density at radius 3 is 2.58 bits per heavy atom. The molecular weight excluding hydrogens is 529 g/mol. The van der Waals surface area contributed by atoms with Crippen molar-refractivity contribution in [1.29, 1.82) is 0 Å². The molecule has 0 bridgehead atoms. The summed E-state index contributed by atoms with van der Waals surface area (Å²) >= 11 is 0. The highest BCUT2D eigenvalue weighted by Gasteiger charge is 2.42. The van der Waals surface area contributed by atoms with Gasteiger partial charge in [-0.25, -0.2) is 8.42 Å². The highest BCUT2D eigenvalue weighted by Crippen LogP contribution is 2.38. The second-order valence-electron chi connectivity index (χ2n) is 8.69. The van der Waals surface area contributed by atoms with Crippen molar-refractivity contribution in [3.63, 3.8) is 0 Å². The van der Waals surface area contributed by atoms with Crippen LogP contribution in [-0.2, 0) is 21.3 Å². The number of likely N-dealkylation sites (tertiary alicyclic amines) is 1. The lowest BCUT2D eigenvalue weighted by Gasteiger charge is -2.32. The predicted molar refractivity (Wildman–Crippen MR) is 132 cm³/mol. The van der Waals surface area contributed by atoms with Crippen LogP contribution < -0.4 is 5.32 Å². The smallest absolute Gasteiger partial charge is 0.243 e. The van der Waals surface area contributed by atoms with Gasteiger partial charge in [0.2, 0.25) is 10.0 Å². The average Bonchev–Trinajstić information content (AvgIpc) is 3.39. The molecule has 0 amide bonds. The van der Waals surface area contributed by atoms with Crippen LogP contribution >= 0.6 is 24.0 Å². The topological polar surface area (TPSA) is 77.5 Å². The number of sulfonamides is 1. The van der Waals surface area contributed by atoms with Crippen LogP contribution in [0, 0.1) is 5.41 Å². The number of benzene rings is 1. The van der Waals surface area contributed by atoms with Crippen molar-refractivity contribution >= 4 is 40.0 Å². The molecule has 0 aliphatic carbocycles. The predicted octanol–water partition coefficient (Wildman–Crippen LogP) is 1.43. The SMILES string of the molecule is CN=C(NCc1ccccc1S(=O)(=O)N1CCN(C)CC1)N1CCC2(CCOC2)C1.I. The van der Waals surface area contributed by atoms with Crippen molar-refractivity contribution in [3.8, 4) is 0 Å². The van der Waals surface area contributed by atoms with Crippen LogP contribution in [0.3, 0.4) is 0 Å². The van der Waals surface area contributed by atoms with Crippen LogP contribution in [-0.4, -0.2) is 95.1 Å². The van der Waals surface area contributed by atoms with Crippen molar-refractivity contribution < 1.29 is 13.2 Å². The average molecular weight is 564 g/mol. The largest absolute Gasteiger partial charge is 0.381 e. The number of guanidine groups is 1. The molecule has 1 aromatic carbocycles. The summed E-state index contributed by atoms with van der Waals surface area (Å²) < 4.78 is 33.8. The summed E-state index contributed by atoms with van der Waals surface area (Å²) in [7, 11) is 0.293. The van der Waals surface area contributed by atoms with E-state index in [9.17, 15) is 8.42 Å². The van der Waals surface area contributed by atoms with E-state index < -0.39 is 10.0 Å². The molecule has 4 rings (SSSR count). The van der Waals surface area contributed by atoms with E-state index in [2.05, 4.69) is 20.1 Å². The van der Waals surface area contributed by atoms with Gasteiger partial charge in [-0.05, 0) is 31.5 Å². The fourth-order valence-corrected chi connectivity index (χ4v) is 6.31. The van der Waals surface area contributed by atoms with E-state index in [1.165, 1.54) is 0 Å². The molecule has 3 aliphatic heterocycles. The summed E-state index contributed by atoms with van der Waals surface area (Å²) in [6, 6.07) is 7.29. The number of likely N-dealkylation sites (N-methyl/N-ethyl adjacent to an activating group) is 1. The van der Waals surface area contributed by atoms with Crippen LogP contribution in [0.1, 0.15) is 18.4 Å². The molecule has 3 aliphatic rings. The Morgan fingerprint density at radius 2 is 1.90 bits per heavy atom. The molecule has 0 aromatic heterocycles. The van der Waals surface area contributed by atoms with E-state index in [1.807, 2.05) is 19.2 Å². The second-order valence-corrected chi connectivity index (χ2v) is 10.6. The van der Waals surface area contributed by atoms with E-state index in [0.29, 0.717) is 24.5 Å². The first-order valence-corrected chi connectivity index (χ1v) is 12.2. The fourth-order valence-electron chi connectivity index (χ4n) is 4.66. The number of hydrogen-bond donors (Lipinski definition) is 1. The van der Waals surface area contributed by atoms with Gasteiger partial charge in [-0.15, -0.1) is 24.0 Å². The number of rotatable bonds is 4. The molecule has 1 atom stereocenters. The lowest BCUT2D eigenvalue weighted by atomic mass is 9.87. The summed E-state index contributed by atoms with van der Waals surface area (Å²) in [5, 5.41) is 3.40. The first-order chi connectivity index (χ1) is 14.4. The zero-order chi connectivity index (χ0) is 21.2. The Bertz CT molecular complexity index is 881. The van der Waals surface area contributed by atoms with Gasteiger partial charge in [0, 0.05) is 64.9 Å². The molecular formula is C21H34IN5O3S. The summed E-state index contributed by atoms with van der Waals surface area (Å²) in [5.41, 5.74) is 1.02. The number of aliphatic imine (C=N–C) groups is 1. The van der Waals surface area contributed by atoms with Crippen molar-refractivity contribution in [2.24, 2.45) is 10.4 Å². The van der Waals surface area contributed by atoms with E-state index >= 15 is 0 Å². The minimum absolute atomic E-state index is 0. The number of nitrogens with zero attached hydrogens (tertiary/aromatic N) is 4. The molecule has 1 aromatic rings. The maximum Gasteiger partial charge on any atom is 0.243 e. The Kier molecular flexibility index (Phi) is 8.22. The van der Waals surface area contributed by atoms with Crippen LogP contribution in [0.4, 0.5) is 0 Å². The molecule has 8 nitrogen and oxygen atoms in total. The summed E-state index contributed by atoms with van der Waals surface area (Å²) in [4.78, 5) is 9.27. The maximum absolute atomic E-state index is 13.3. The third-order valence-electron chi connectivity index (χ3n) is 6.62. The lowest BCUT2D eigenvalue weighted by Crippen LogP contribution is -2.47. The molecule has 1 N–H and O–H groups in total. The molecule has 31 heavy (non-hydrogen) atoms. The Labute approximate surface area is 203 Å². The van der Waals surface area contributed by atoms with Crippen molar-refractivity contribution in [2.75, 3.05) is 66.6 Å². The molecule has 174 valence electrons. The third kappa shape index (κ3) is 5.35. The number of halogens is 1. The van der Waals surface area contributed by atoms with Gasteiger partial charge in [-0.1, -0.05) is 18.2 Å². The minimum atomic E-state index is -3.51. The van der Waals surface area contributed by atoms with E-state index in [0.717, 1.165) is 63.8 Å². The molecule has 1 unspecified atom stereocenters. The van der Waals surface area contributed by atoms with Gasteiger partial charge in [0.1, 0.15) is 0 Å². The molecule has 3 fully saturated rings. The van der Waals surface area contributed by atoms with Gasteiger partial charge < -0.3 is 19.9 Å². The zero-order valence-corrected chi connectivity index (χ0v) is 21.6. The van der Waals surface area contributed by atoms with Crippen LogP contribution in [0.5, 0.6) is 0 Å². The van der Waals surface area contributed by atoms with E-state index in [1.54, 1.807) is 23.5 Å². The Balaban J connectivity index is 0.00000272. The monoisotopic (exact) mass is 563 g/mol. The number of piperazine rings is 1.